The van der Waals surface area contributed by atoms with Crippen molar-refractivity contribution in [2.75, 3.05) is 30.9 Å². The normalized spacial score (nSPS) is 15.5. The van der Waals surface area contributed by atoms with Gasteiger partial charge in [-0.05, 0) is 55.2 Å². The molecule has 0 bridgehead atoms. The SMILES string of the molecule is Cc1cc(C(=O)N2Cc3cnn(C)c3Nc3ccccc32)ccc1CNC(=O)N1CCC[C@@H]1C(=S)N(C)C.O=C(O)C(F)(F)F. The summed E-state index contributed by atoms with van der Waals surface area (Å²) in [5.74, 6) is -1.97. The van der Waals surface area contributed by atoms with Gasteiger partial charge >= 0.3 is 18.2 Å². The molecule has 3 aromatic rings. The number of aryl methyl sites for hydroxylation is 2. The van der Waals surface area contributed by atoms with Crippen molar-refractivity contribution in [1.29, 1.82) is 0 Å². The topological polar surface area (TPSA) is 123 Å². The molecule has 3 N–H and O–H groups in total. The van der Waals surface area contributed by atoms with Gasteiger partial charge in [-0.25, -0.2) is 9.59 Å². The third-order valence-corrected chi connectivity index (χ3v) is 8.17. The Morgan fingerprint density at radius 3 is 2.51 bits per heavy atom. The van der Waals surface area contributed by atoms with Crippen LogP contribution in [0.15, 0.2) is 48.7 Å². The maximum absolute atomic E-state index is 13.8. The van der Waals surface area contributed by atoms with Crippen LogP contribution in [0.4, 0.5) is 35.2 Å². The van der Waals surface area contributed by atoms with Crippen molar-refractivity contribution in [3.05, 3.63) is 70.9 Å². The van der Waals surface area contributed by atoms with E-state index in [1.165, 1.54) is 0 Å². The number of alkyl halides is 3. The Hall–Kier alpha value is -4.66. The number of carboxylic acids is 1. The largest absolute Gasteiger partial charge is 0.490 e. The van der Waals surface area contributed by atoms with E-state index in [4.69, 9.17) is 22.1 Å². The maximum atomic E-state index is 13.8. The highest BCUT2D eigenvalue weighted by molar-refractivity contribution is 7.80. The van der Waals surface area contributed by atoms with Crippen LogP contribution in [0.25, 0.3) is 0 Å². The summed E-state index contributed by atoms with van der Waals surface area (Å²) in [6, 6.07) is 13.3. The van der Waals surface area contributed by atoms with E-state index in [-0.39, 0.29) is 18.0 Å². The Kier molecular flexibility index (Phi) is 10.0. The lowest BCUT2D eigenvalue weighted by molar-refractivity contribution is -0.192. The van der Waals surface area contributed by atoms with Gasteiger partial charge in [0, 0.05) is 45.4 Å². The molecular formula is C30H34F3N7O4S. The predicted molar refractivity (Wildman–Crippen MR) is 167 cm³/mol. The predicted octanol–water partition coefficient (Wildman–Crippen LogP) is 4.83. The van der Waals surface area contributed by atoms with E-state index in [0.717, 1.165) is 51.7 Å². The lowest BCUT2D eigenvalue weighted by Crippen LogP contribution is -2.48. The van der Waals surface area contributed by atoms with Crippen LogP contribution in [-0.4, -0.2) is 80.4 Å². The number of para-hydroxylation sites is 2. The van der Waals surface area contributed by atoms with Crippen molar-refractivity contribution in [3.8, 4) is 0 Å². The third kappa shape index (κ3) is 7.53. The van der Waals surface area contributed by atoms with Gasteiger partial charge in [0.15, 0.2) is 0 Å². The second-order valence-corrected chi connectivity index (χ2v) is 11.3. The molecule has 11 nitrogen and oxygen atoms in total. The summed E-state index contributed by atoms with van der Waals surface area (Å²) >= 11 is 5.54. The molecule has 0 unspecified atom stereocenters. The second kappa shape index (κ2) is 13.5. The standard InChI is InChI=1S/C28H33N7O2S.C2HF3O2/c1-18-14-19(11-12-20(18)15-29-28(37)34-13-7-10-24(34)27(38)32(2)3)26(36)35-17-21-16-30-33(4)25(21)31-22-8-5-6-9-23(22)35;3-2(4,5)1(6)7/h5-6,8-9,11-12,14,16,24,31H,7,10,13,15,17H2,1-4H3,(H,29,37);(H,6,7)/t24-;/m1./s1. The van der Waals surface area contributed by atoms with Crippen molar-refractivity contribution < 1.29 is 32.7 Å². The fraction of sp³-hybridized carbons (Fsp3) is 0.367. The zero-order valence-corrected chi connectivity index (χ0v) is 26.0. The summed E-state index contributed by atoms with van der Waals surface area (Å²) in [5, 5.41) is 18.0. The molecule has 0 aliphatic carbocycles. The minimum absolute atomic E-state index is 0.0487. The lowest BCUT2D eigenvalue weighted by atomic mass is 10.0. The van der Waals surface area contributed by atoms with Crippen LogP contribution in [0, 0.1) is 6.92 Å². The second-order valence-electron chi connectivity index (χ2n) is 10.9. The molecule has 2 aliphatic heterocycles. The number of fused-ring (bicyclic) bond motifs is 2. The van der Waals surface area contributed by atoms with Gasteiger partial charge in [0.1, 0.15) is 10.8 Å². The Bertz CT molecular complexity index is 1610. The number of hydrogen-bond acceptors (Lipinski definition) is 6. The molecule has 0 radical (unpaired) electrons. The number of rotatable bonds is 4. The van der Waals surface area contributed by atoms with Gasteiger partial charge in [-0.1, -0.05) is 30.4 Å². The number of nitrogens with one attached hydrogen (secondary N) is 2. The van der Waals surface area contributed by atoms with E-state index in [0.29, 0.717) is 25.2 Å². The van der Waals surface area contributed by atoms with Crippen LogP contribution < -0.4 is 15.5 Å². The van der Waals surface area contributed by atoms with Crippen molar-refractivity contribution in [3.63, 3.8) is 0 Å². The smallest absolute Gasteiger partial charge is 0.475 e. The Morgan fingerprint density at radius 2 is 1.87 bits per heavy atom. The number of aromatic nitrogens is 2. The molecule has 1 aromatic heterocycles. The van der Waals surface area contributed by atoms with E-state index >= 15 is 0 Å². The number of likely N-dealkylation sites (tertiary alicyclic amines) is 1. The number of anilines is 3. The summed E-state index contributed by atoms with van der Waals surface area (Å²) in [7, 11) is 5.71. The van der Waals surface area contributed by atoms with Gasteiger partial charge < -0.3 is 30.4 Å². The first-order valence-electron chi connectivity index (χ1n) is 14.0. The number of hydrogen-bond donors (Lipinski definition) is 3. The summed E-state index contributed by atoms with van der Waals surface area (Å²) in [5.41, 5.74) is 5.12. The summed E-state index contributed by atoms with van der Waals surface area (Å²) in [6.07, 6.45) is -1.46. The summed E-state index contributed by atoms with van der Waals surface area (Å²) < 4.78 is 33.5. The zero-order chi connectivity index (χ0) is 33.1. The third-order valence-electron chi connectivity index (χ3n) is 7.54. The van der Waals surface area contributed by atoms with Gasteiger partial charge in [0.2, 0.25) is 0 Å². The Balaban J connectivity index is 0.000000591. The number of carboxylic acid groups (broad SMARTS) is 1. The number of urea groups is 1. The molecule has 3 heterocycles. The minimum Gasteiger partial charge on any atom is -0.475 e. The number of benzene rings is 2. The first kappa shape index (κ1) is 33.2. The Morgan fingerprint density at radius 1 is 1.18 bits per heavy atom. The van der Waals surface area contributed by atoms with E-state index in [1.807, 2.05) is 80.3 Å². The minimum atomic E-state index is -5.08. The molecule has 0 saturated carbocycles. The van der Waals surface area contributed by atoms with Crippen LogP contribution in [0.1, 0.15) is 39.9 Å². The quantitative estimate of drug-likeness (QED) is 0.345. The summed E-state index contributed by atoms with van der Waals surface area (Å²) in [4.78, 5) is 41.9. The molecule has 45 heavy (non-hydrogen) atoms. The monoisotopic (exact) mass is 645 g/mol. The Labute approximate surface area is 263 Å². The van der Waals surface area contributed by atoms with Crippen molar-refractivity contribution in [2.24, 2.45) is 7.05 Å². The number of carbonyl (C=O) groups is 3. The van der Waals surface area contributed by atoms with Crippen LogP contribution >= 0.6 is 12.2 Å². The van der Waals surface area contributed by atoms with E-state index in [2.05, 4.69) is 15.7 Å². The van der Waals surface area contributed by atoms with Gasteiger partial charge in [0.25, 0.3) is 5.91 Å². The molecular weight excluding hydrogens is 611 g/mol. The van der Waals surface area contributed by atoms with Crippen molar-refractivity contribution in [1.82, 2.24) is 24.9 Å². The number of halogens is 3. The average molecular weight is 646 g/mol. The first-order valence-corrected chi connectivity index (χ1v) is 14.4. The first-order chi connectivity index (χ1) is 21.2. The molecule has 3 amide bonds. The fourth-order valence-electron chi connectivity index (χ4n) is 5.16. The molecule has 1 saturated heterocycles. The van der Waals surface area contributed by atoms with Crippen molar-refractivity contribution >= 4 is 52.3 Å². The highest BCUT2D eigenvalue weighted by Crippen LogP contribution is 2.36. The van der Waals surface area contributed by atoms with Crippen molar-refractivity contribution in [2.45, 2.75) is 45.1 Å². The summed E-state index contributed by atoms with van der Waals surface area (Å²) in [6.45, 7) is 3.46. The molecule has 15 heteroatoms. The molecule has 5 rings (SSSR count). The van der Waals surface area contributed by atoms with Crippen LogP contribution in [0.3, 0.4) is 0 Å². The molecule has 240 valence electrons. The highest BCUT2D eigenvalue weighted by atomic mass is 32.1. The lowest BCUT2D eigenvalue weighted by Gasteiger charge is -2.28. The number of aliphatic carboxylic acids is 1. The average Bonchev–Trinajstić information content (AvgIpc) is 3.57. The highest BCUT2D eigenvalue weighted by Gasteiger charge is 2.38. The van der Waals surface area contributed by atoms with E-state index in [1.54, 1.807) is 15.8 Å². The number of amides is 3. The number of likely N-dealkylation sites (N-methyl/N-ethyl adjacent to an activating group) is 1. The zero-order valence-electron chi connectivity index (χ0n) is 25.2. The maximum Gasteiger partial charge on any atom is 0.490 e. The van der Waals surface area contributed by atoms with E-state index in [9.17, 15) is 22.8 Å². The van der Waals surface area contributed by atoms with Gasteiger partial charge in [-0.3, -0.25) is 9.48 Å². The molecule has 2 aromatic carbocycles. The molecule has 1 atom stereocenters. The van der Waals surface area contributed by atoms with Crippen LogP contribution in [-0.2, 0) is 24.9 Å². The number of thiocarbonyl (C=S) groups is 1. The van der Waals surface area contributed by atoms with Gasteiger partial charge in [-0.15, -0.1) is 0 Å². The fourth-order valence-corrected chi connectivity index (χ4v) is 5.40. The van der Waals surface area contributed by atoms with Crippen LogP contribution in [0.5, 0.6) is 0 Å². The molecule has 1 fully saturated rings. The van der Waals surface area contributed by atoms with Crippen LogP contribution in [0.2, 0.25) is 0 Å². The number of carbonyl (C=O) groups excluding carboxylic acids is 2. The number of nitrogens with zero attached hydrogens (tertiary/aromatic N) is 5. The molecule has 2 aliphatic rings. The molecule has 0 spiro atoms. The van der Waals surface area contributed by atoms with Gasteiger partial charge in [0.05, 0.1) is 30.2 Å². The van der Waals surface area contributed by atoms with Gasteiger partial charge in [-0.2, -0.15) is 18.3 Å². The van der Waals surface area contributed by atoms with E-state index < -0.39 is 12.1 Å².